The molecule has 1 amide bonds. The van der Waals surface area contributed by atoms with Gasteiger partial charge in [-0.15, -0.1) is 12.4 Å². The molecule has 1 aromatic carbocycles. The third-order valence-corrected chi connectivity index (χ3v) is 3.12. The van der Waals surface area contributed by atoms with Crippen LogP contribution >= 0.6 is 12.4 Å². The van der Waals surface area contributed by atoms with Crippen molar-refractivity contribution in [2.24, 2.45) is 0 Å². The average Bonchev–Trinajstić information content (AvgIpc) is 2.83. The maximum absolute atomic E-state index is 12.0. The maximum Gasteiger partial charge on any atom is 0.226 e. The van der Waals surface area contributed by atoms with Crippen LogP contribution in [0.2, 0.25) is 0 Å². The van der Waals surface area contributed by atoms with Gasteiger partial charge in [0.15, 0.2) is 0 Å². The Morgan fingerprint density at radius 3 is 2.85 bits per heavy atom. The Balaban J connectivity index is 0.00000200. The van der Waals surface area contributed by atoms with Gasteiger partial charge in [-0.2, -0.15) is 0 Å². The first-order valence-electron chi connectivity index (χ1n) is 6.94. The molecular weight excluding hydrogens is 276 g/mol. The van der Waals surface area contributed by atoms with Gasteiger partial charge in [-0.3, -0.25) is 4.79 Å². The van der Waals surface area contributed by atoms with Crippen LogP contribution in [-0.2, 0) is 4.79 Å². The van der Waals surface area contributed by atoms with Crippen molar-refractivity contribution in [3.05, 3.63) is 24.3 Å². The Bertz CT molecular complexity index is 432. The van der Waals surface area contributed by atoms with Gasteiger partial charge in [0.05, 0.1) is 11.8 Å². The molecule has 0 aromatic heterocycles. The van der Waals surface area contributed by atoms with Gasteiger partial charge >= 0.3 is 0 Å². The van der Waals surface area contributed by atoms with E-state index in [0.717, 1.165) is 30.8 Å². The lowest BCUT2D eigenvalue weighted by Crippen LogP contribution is -2.27. The minimum absolute atomic E-state index is 0. The molecule has 20 heavy (non-hydrogen) atoms. The zero-order valence-corrected chi connectivity index (χ0v) is 12.8. The summed E-state index contributed by atoms with van der Waals surface area (Å²) in [6.07, 6.45) is 2.85. The molecule has 0 radical (unpaired) electrons. The maximum atomic E-state index is 12.0. The molecular formula is C15H23ClN2O2. The lowest BCUT2D eigenvalue weighted by molar-refractivity contribution is -0.116. The zero-order valence-electron chi connectivity index (χ0n) is 12.0. The Hall–Kier alpha value is -1.26. The van der Waals surface area contributed by atoms with Crippen molar-refractivity contribution in [3.63, 3.8) is 0 Å². The fourth-order valence-electron chi connectivity index (χ4n) is 2.28. The van der Waals surface area contributed by atoms with Gasteiger partial charge in [0.1, 0.15) is 5.75 Å². The van der Waals surface area contributed by atoms with E-state index in [4.69, 9.17) is 4.74 Å². The summed E-state index contributed by atoms with van der Waals surface area (Å²) in [5.41, 5.74) is 0.749. The predicted octanol–water partition coefficient (Wildman–Crippen LogP) is 2.98. The third kappa shape index (κ3) is 5.02. The van der Waals surface area contributed by atoms with Crippen molar-refractivity contribution in [1.29, 1.82) is 0 Å². The molecule has 1 aliphatic rings. The van der Waals surface area contributed by atoms with Crippen LogP contribution < -0.4 is 15.4 Å². The number of rotatable bonds is 5. The lowest BCUT2D eigenvalue weighted by Gasteiger charge is -2.15. The number of amides is 1. The molecule has 1 saturated heterocycles. The zero-order chi connectivity index (χ0) is 13.7. The van der Waals surface area contributed by atoms with E-state index in [0.29, 0.717) is 12.5 Å². The van der Waals surface area contributed by atoms with E-state index in [-0.39, 0.29) is 24.4 Å². The van der Waals surface area contributed by atoms with Gasteiger partial charge in [-0.05, 0) is 45.4 Å². The van der Waals surface area contributed by atoms with Crippen LogP contribution in [0.15, 0.2) is 24.3 Å². The highest BCUT2D eigenvalue weighted by molar-refractivity contribution is 5.92. The van der Waals surface area contributed by atoms with Gasteiger partial charge in [0.2, 0.25) is 5.91 Å². The van der Waals surface area contributed by atoms with E-state index in [1.54, 1.807) is 0 Å². The molecule has 0 bridgehead atoms. The average molecular weight is 299 g/mol. The number of anilines is 1. The highest BCUT2D eigenvalue weighted by Gasteiger charge is 2.18. The van der Waals surface area contributed by atoms with Gasteiger partial charge in [-0.25, -0.2) is 0 Å². The molecule has 2 rings (SSSR count). The highest BCUT2D eigenvalue weighted by atomic mass is 35.5. The van der Waals surface area contributed by atoms with Crippen molar-refractivity contribution in [3.8, 4) is 5.75 Å². The molecule has 112 valence electrons. The van der Waals surface area contributed by atoms with E-state index in [2.05, 4.69) is 10.6 Å². The topological polar surface area (TPSA) is 50.4 Å². The first-order valence-corrected chi connectivity index (χ1v) is 6.94. The first-order chi connectivity index (χ1) is 9.15. The number of ether oxygens (including phenoxy) is 1. The van der Waals surface area contributed by atoms with E-state index >= 15 is 0 Å². The largest absolute Gasteiger partial charge is 0.489 e. The number of carbonyl (C=O) groups excluding carboxylic acids is 1. The molecule has 0 aliphatic carbocycles. The molecule has 2 N–H and O–H groups in total. The van der Waals surface area contributed by atoms with Crippen molar-refractivity contribution in [2.45, 2.75) is 45.3 Å². The van der Waals surface area contributed by atoms with E-state index in [1.165, 1.54) is 0 Å². The second-order valence-corrected chi connectivity index (χ2v) is 5.21. The second-order valence-electron chi connectivity index (χ2n) is 5.21. The summed E-state index contributed by atoms with van der Waals surface area (Å²) in [7, 11) is 0. The van der Waals surface area contributed by atoms with Crippen LogP contribution in [0.25, 0.3) is 0 Å². The summed E-state index contributed by atoms with van der Waals surface area (Å²) in [6, 6.07) is 7.88. The summed E-state index contributed by atoms with van der Waals surface area (Å²) < 4.78 is 5.69. The molecule has 4 nitrogen and oxygen atoms in total. The molecule has 1 atom stereocenters. The van der Waals surface area contributed by atoms with Crippen molar-refractivity contribution < 1.29 is 9.53 Å². The molecule has 1 unspecified atom stereocenters. The second kappa shape index (κ2) is 8.12. The number of nitrogens with one attached hydrogen (secondary N) is 2. The SMILES string of the molecule is CC(C)Oc1ccccc1NC(=O)CC1CCCN1.Cl. The number of hydrogen-bond acceptors (Lipinski definition) is 3. The molecule has 1 aliphatic heterocycles. The molecule has 1 heterocycles. The van der Waals surface area contributed by atoms with Gasteiger partial charge in [-0.1, -0.05) is 12.1 Å². The van der Waals surface area contributed by atoms with Crippen LogP contribution in [0.4, 0.5) is 5.69 Å². The van der Waals surface area contributed by atoms with E-state index in [1.807, 2.05) is 38.1 Å². The molecule has 1 fully saturated rings. The van der Waals surface area contributed by atoms with E-state index in [9.17, 15) is 4.79 Å². The summed E-state index contributed by atoms with van der Waals surface area (Å²) >= 11 is 0. The lowest BCUT2D eigenvalue weighted by atomic mass is 10.1. The summed E-state index contributed by atoms with van der Waals surface area (Å²) in [4.78, 5) is 12.0. The van der Waals surface area contributed by atoms with Crippen molar-refractivity contribution in [1.82, 2.24) is 5.32 Å². The van der Waals surface area contributed by atoms with E-state index < -0.39 is 0 Å². The molecule has 0 spiro atoms. The number of para-hydroxylation sites is 2. The number of halogens is 1. The summed E-state index contributed by atoms with van der Waals surface area (Å²) in [5, 5.41) is 6.27. The van der Waals surface area contributed by atoms with Gasteiger partial charge in [0, 0.05) is 12.5 Å². The van der Waals surface area contributed by atoms with Crippen LogP contribution in [0.3, 0.4) is 0 Å². The van der Waals surface area contributed by atoms with Crippen LogP contribution in [-0.4, -0.2) is 24.6 Å². The minimum atomic E-state index is 0. The first kappa shape index (κ1) is 16.8. The fourth-order valence-corrected chi connectivity index (χ4v) is 2.28. The van der Waals surface area contributed by atoms with Gasteiger partial charge in [0.25, 0.3) is 0 Å². The molecule has 5 heteroatoms. The molecule has 0 saturated carbocycles. The Kier molecular flexibility index (Phi) is 6.82. The predicted molar refractivity (Wildman–Crippen MR) is 83.7 cm³/mol. The monoisotopic (exact) mass is 298 g/mol. The normalized spacial score (nSPS) is 17.6. The van der Waals surface area contributed by atoms with Crippen LogP contribution in [0.5, 0.6) is 5.75 Å². The summed E-state index contributed by atoms with van der Waals surface area (Å²) in [5.74, 6) is 0.768. The van der Waals surface area contributed by atoms with Gasteiger partial charge < -0.3 is 15.4 Å². The standard InChI is InChI=1S/C15H22N2O2.ClH/c1-11(2)19-14-8-4-3-7-13(14)17-15(18)10-12-6-5-9-16-12;/h3-4,7-8,11-12,16H,5-6,9-10H2,1-2H3,(H,17,18);1H. The highest BCUT2D eigenvalue weighted by Crippen LogP contribution is 2.25. The Labute approximate surface area is 126 Å². The molecule has 1 aromatic rings. The Morgan fingerprint density at radius 1 is 1.45 bits per heavy atom. The Morgan fingerprint density at radius 2 is 2.20 bits per heavy atom. The third-order valence-electron chi connectivity index (χ3n) is 3.12. The van der Waals surface area contributed by atoms with Crippen molar-refractivity contribution >= 4 is 24.0 Å². The quantitative estimate of drug-likeness (QED) is 0.878. The number of carbonyl (C=O) groups is 1. The number of hydrogen-bond donors (Lipinski definition) is 2. The summed E-state index contributed by atoms with van der Waals surface area (Å²) in [6.45, 7) is 4.97. The fraction of sp³-hybridized carbons (Fsp3) is 0.533. The van der Waals surface area contributed by atoms with Crippen molar-refractivity contribution in [2.75, 3.05) is 11.9 Å². The number of benzene rings is 1. The smallest absolute Gasteiger partial charge is 0.226 e. The minimum Gasteiger partial charge on any atom is -0.489 e. The van der Waals surface area contributed by atoms with Crippen LogP contribution in [0.1, 0.15) is 33.1 Å². The van der Waals surface area contributed by atoms with Crippen LogP contribution in [0, 0.1) is 0 Å².